The molecule has 0 fully saturated rings. The van der Waals surface area contributed by atoms with Crippen LogP contribution >= 0.6 is 0 Å². The number of aliphatic hydroxyl groups excluding tert-OH is 1. The van der Waals surface area contributed by atoms with Crippen LogP contribution in [0.2, 0.25) is 0 Å². The number of methoxy groups -OCH3 is 1. The molecule has 0 saturated carbocycles. The number of nitrogens with zero attached hydrogens (tertiary/aromatic N) is 2. The fourth-order valence-corrected chi connectivity index (χ4v) is 2.42. The quantitative estimate of drug-likeness (QED) is 0.775. The minimum atomic E-state index is -0.571. The number of aromatic nitrogens is 2. The molecule has 0 aliphatic rings. The van der Waals surface area contributed by atoms with Gasteiger partial charge in [-0.05, 0) is 25.0 Å². The van der Waals surface area contributed by atoms with E-state index in [1.54, 1.807) is 10.9 Å². The molecule has 1 aromatic carbocycles. The van der Waals surface area contributed by atoms with Gasteiger partial charge in [-0.3, -0.25) is 4.79 Å². The maximum absolute atomic E-state index is 12.3. The van der Waals surface area contributed by atoms with Crippen LogP contribution in [0, 0.1) is 0 Å². The number of benzene rings is 1. The zero-order valence-corrected chi connectivity index (χ0v) is 13.5. The Hall–Kier alpha value is -2.18. The van der Waals surface area contributed by atoms with Crippen LogP contribution in [0.4, 0.5) is 0 Å². The van der Waals surface area contributed by atoms with Crippen LogP contribution in [0.15, 0.2) is 36.5 Å². The highest BCUT2D eigenvalue weighted by Gasteiger charge is 2.17. The molecular weight excluding hydrogens is 294 g/mol. The zero-order valence-electron chi connectivity index (χ0n) is 13.5. The summed E-state index contributed by atoms with van der Waals surface area (Å²) in [7, 11) is 1.54. The lowest BCUT2D eigenvalue weighted by Gasteiger charge is -2.11. The smallest absolute Gasteiger partial charge is 0.254 e. The fraction of sp³-hybridized carbons (Fsp3) is 0.412. The van der Waals surface area contributed by atoms with Gasteiger partial charge < -0.3 is 15.2 Å². The Balaban J connectivity index is 2.05. The van der Waals surface area contributed by atoms with E-state index in [-0.39, 0.29) is 12.5 Å². The average Bonchev–Trinajstić information content (AvgIpc) is 2.99. The van der Waals surface area contributed by atoms with Gasteiger partial charge in [0, 0.05) is 13.7 Å². The number of para-hydroxylation sites is 1. The van der Waals surface area contributed by atoms with Gasteiger partial charge in [0.15, 0.2) is 0 Å². The van der Waals surface area contributed by atoms with Crippen molar-refractivity contribution in [1.82, 2.24) is 15.1 Å². The van der Waals surface area contributed by atoms with Crippen molar-refractivity contribution < 1.29 is 14.6 Å². The predicted molar refractivity (Wildman–Crippen MR) is 87.8 cm³/mol. The van der Waals surface area contributed by atoms with Crippen molar-refractivity contribution in [2.24, 2.45) is 0 Å². The van der Waals surface area contributed by atoms with E-state index in [4.69, 9.17) is 4.74 Å². The van der Waals surface area contributed by atoms with E-state index in [2.05, 4.69) is 10.4 Å². The molecular formula is C17H23N3O3. The first-order valence-electron chi connectivity index (χ1n) is 7.74. The molecule has 2 rings (SSSR count). The lowest BCUT2D eigenvalue weighted by molar-refractivity contribution is 0.0587. The highest BCUT2D eigenvalue weighted by Crippen LogP contribution is 2.15. The third kappa shape index (κ3) is 4.40. The molecule has 1 atom stereocenters. The Morgan fingerprint density at radius 3 is 2.78 bits per heavy atom. The molecule has 6 nitrogen and oxygen atoms in total. The van der Waals surface area contributed by atoms with Crippen LogP contribution in [0.5, 0.6) is 0 Å². The van der Waals surface area contributed by atoms with E-state index < -0.39 is 6.10 Å². The molecule has 2 aromatic rings. The molecule has 2 N–H and O–H groups in total. The van der Waals surface area contributed by atoms with Gasteiger partial charge in [-0.1, -0.05) is 25.1 Å². The van der Waals surface area contributed by atoms with E-state index in [1.165, 1.54) is 7.11 Å². The van der Waals surface area contributed by atoms with Crippen molar-refractivity contribution in [2.45, 2.75) is 25.9 Å². The number of ether oxygens (including phenoxy) is 1. The SMILES string of the molecule is CCc1c(C(=O)NCCC(O)COC)cnn1-c1ccccc1. The van der Waals surface area contributed by atoms with E-state index in [9.17, 15) is 9.90 Å². The third-order valence-electron chi connectivity index (χ3n) is 3.57. The largest absolute Gasteiger partial charge is 0.391 e. The summed E-state index contributed by atoms with van der Waals surface area (Å²) in [4.78, 5) is 12.3. The van der Waals surface area contributed by atoms with Gasteiger partial charge in [0.1, 0.15) is 0 Å². The molecule has 0 bridgehead atoms. The van der Waals surface area contributed by atoms with E-state index in [1.807, 2.05) is 37.3 Å². The summed E-state index contributed by atoms with van der Waals surface area (Å²) in [6.45, 7) is 2.65. The number of rotatable bonds is 8. The van der Waals surface area contributed by atoms with Crippen molar-refractivity contribution in [3.05, 3.63) is 47.8 Å². The summed E-state index contributed by atoms with van der Waals surface area (Å²) >= 11 is 0. The number of carbonyl (C=O) groups excluding carboxylic acids is 1. The minimum absolute atomic E-state index is 0.173. The Morgan fingerprint density at radius 2 is 2.13 bits per heavy atom. The monoisotopic (exact) mass is 317 g/mol. The van der Waals surface area contributed by atoms with Crippen molar-refractivity contribution in [3.63, 3.8) is 0 Å². The minimum Gasteiger partial charge on any atom is -0.391 e. The normalized spacial score (nSPS) is 12.1. The number of hydrogen-bond donors (Lipinski definition) is 2. The maximum Gasteiger partial charge on any atom is 0.254 e. The van der Waals surface area contributed by atoms with Crippen LogP contribution in [-0.2, 0) is 11.2 Å². The number of aliphatic hydroxyl groups is 1. The molecule has 6 heteroatoms. The topological polar surface area (TPSA) is 76.4 Å². The second-order valence-corrected chi connectivity index (χ2v) is 5.26. The first-order chi connectivity index (χ1) is 11.2. The Bertz CT molecular complexity index is 625. The van der Waals surface area contributed by atoms with E-state index in [0.29, 0.717) is 24.9 Å². The lowest BCUT2D eigenvalue weighted by Crippen LogP contribution is -2.29. The summed E-state index contributed by atoms with van der Waals surface area (Å²) in [5.74, 6) is -0.173. The number of amides is 1. The molecule has 1 aromatic heterocycles. The van der Waals surface area contributed by atoms with Crippen molar-refractivity contribution in [2.75, 3.05) is 20.3 Å². The Labute approximate surface area is 136 Å². The molecule has 0 radical (unpaired) electrons. The molecule has 0 saturated heterocycles. The predicted octanol–water partition coefficient (Wildman–Crippen LogP) is 1.56. The maximum atomic E-state index is 12.3. The third-order valence-corrected chi connectivity index (χ3v) is 3.57. The molecule has 1 heterocycles. The van der Waals surface area contributed by atoms with Gasteiger partial charge in [0.25, 0.3) is 5.91 Å². The van der Waals surface area contributed by atoms with Gasteiger partial charge in [-0.25, -0.2) is 4.68 Å². The van der Waals surface area contributed by atoms with Crippen LogP contribution in [0.25, 0.3) is 5.69 Å². The van der Waals surface area contributed by atoms with E-state index >= 15 is 0 Å². The Kier molecular flexibility index (Phi) is 6.31. The lowest BCUT2D eigenvalue weighted by atomic mass is 10.2. The average molecular weight is 317 g/mol. The molecule has 124 valence electrons. The summed E-state index contributed by atoms with van der Waals surface area (Å²) in [5, 5.41) is 16.8. The summed E-state index contributed by atoms with van der Waals surface area (Å²) < 4.78 is 6.64. The highest BCUT2D eigenvalue weighted by atomic mass is 16.5. The molecule has 0 aliphatic carbocycles. The van der Waals surface area contributed by atoms with Gasteiger partial charge in [-0.2, -0.15) is 5.10 Å². The molecule has 0 aliphatic heterocycles. The molecule has 0 spiro atoms. The molecule has 1 amide bonds. The first-order valence-corrected chi connectivity index (χ1v) is 7.74. The summed E-state index contributed by atoms with van der Waals surface area (Å²) in [6.07, 6.45) is 2.17. The van der Waals surface area contributed by atoms with E-state index in [0.717, 1.165) is 11.4 Å². The van der Waals surface area contributed by atoms with Crippen LogP contribution in [0.1, 0.15) is 29.4 Å². The highest BCUT2D eigenvalue weighted by molar-refractivity contribution is 5.95. The Morgan fingerprint density at radius 1 is 1.39 bits per heavy atom. The van der Waals surface area contributed by atoms with Gasteiger partial charge in [-0.15, -0.1) is 0 Å². The second-order valence-electron chi connectivity index (χ2n) is 5.26. The van der Waals surface area contributed by atoms with Gasteiger partial charge in [0.05, 0.1) is 35.9 Å². The van der Waals surface area contributed by atoms with Crippen molar-refractivity contribution >= 4 is 5.91 Å². The second kappa shape index (κ2) is 8.45. The zero-order chi connectivity index (χ0) is 16.7. The number of hydrogen-bond acceptors (Lipinski definition) is 4. The van der Waals surface area contributed by atoms with Gasteiger partial charge in [0.2, 0.25) is 0 Å². The van der Waals surface area contributed by atoms with Crippen LogP contribution in [-0.4, -0.2) is 47.2 Å². The first kappa shape index (κ1) is 17.2. The number of nitrogens with one attached hydrogen (secondary N) is 1. The van der Waals surface area contributed by atoms with Gasteiger partial charge >= 0.3 is 0 Å². The van der Waals surface area contributed by atoms with Crippen LogP contribution in [0.3, 0.4) is 0 Å². The van der Waals surface area contributed by atoms with Crippen LogP contribution < -0.4 is 5.32 Å². The fourth-order valence-electron chi connectivity index (χ4n) is 2.42. The van der Waals surface area contributed by atoms with Crippen molar-refractivity contribution in [3.8, 4) is 5.69 Å². The summed E-state index contributed by atoms with van der Waals surface area (Å²) in [6, 6.07) is 9.72. The molecule has 1 unspecified atom stereocenters. The molecule has 23 heavy (non-hydrogen) atoms. The standard InChI is InChI=1S/C17H23N3O3/c1-3-16-15(17(22)18-10-9-14(21)12-23-2)11-19-20(16)13-7-5-4-6-8-13/h4-8,11,14,21H,3,9-10,12H2,1-2H3,(H,18,22). The number of carbonyl (C=O) groups is 1. The summed E-state index contributed by atoms with van der Waals surface area (Å²) in [5.41, 5.74) is 2.36. The van der Waals surface area contributed by atoms with Crippen molar-refractivity contribution in [1.29, 1.82) is 0 Å².